The van der Waals surface area contributed by atoms with E-state index in [4.69, 9.17) is 5.73 Å². The van der Waals surface area contributed by atoms with E-state index in [1.165, 1.54) is 22.8 Å². The van der Waals surface area contributed by atoms with Gasteiger partial charge < -0.3 is 15.6 Å². The van der Waals surface area contributed by atoms with E-state index in [1.54, 1.807) is 24.4 Å². The Kier molecular flexibility index (Phi) is 6.90. The van der Waals surface area contributed by atoms with Gasteiger partial charge in [0.25, 0.3) is 5.56 Å². The molecule has 1 aromatic heterocycles. The first-order valence-electron chi connectivity index (χ1n) is 7.69. The van der Waals surface area contributed by atoms with Crippen LogP contribution in [0.4, 0.5) is 10.1 Å². The molecule has 0 saturated carbocycles. The molecular weight excluding hydrogens is 345 g/mol. The molecule has 0 radical (unpaired) electrons. The van der Waals surface area contributed by atoms with Crippen LogP contribution in [0, 0.1) is 11.2 Å². The summed E-state index contributed by atoms with van der Waals surface area (Å²) >= 11 is 0. The van der Waals surface area contributed by atoms with Gasteiger partial charge in [-0.3, -0.25) is 9.59 Å². The third kappa shape index (κ3) is 5.41. The number of benzene rings is 1. The number of nitrogens with one attached hydrogen (secondary N) is 1. The monoisotopic (exact) mass is 367 g/mol. The van der Waals surface area contributed by atoms with Crippen molar-refractivity contribution >= 4 is 24.0 Å². The highest BCUT2D eigenvalue weighted by atomic mass is 35.5. The second kappa shape index (κ2) is 8.27. The van der Waals surface area contributed by atoms with Crippen molar-refractivity contribution in [2.75, 3.05) is 5.32 Å². The topological polar surface area (TPSA) is 77.1 Å². The number of amides is 1. The molecule has 0 aliphatic carbocycles. The van der Waals surface area contributed by atoms with Gasteiger partial charge in [-0.2, -0.15) is 0 Å². The first-order valence-corrected chi connectivity index (χ1v) is 7.69. The number of carbonyl (C=O) groups is 1. The Morgan fingerprint density at radius 1 is 1.24 bits per heavy atom. The van der Waals surface area contributed by atoms with Crippen LogP contribution >= 0.6 is 12.4 Å². The number of anilines is 1. The van der Waals surface area contributed by atoms with Crippen molar-refractivity contribution in [3.8, 4) is 0 Å². The molecule has 0 unspecified atom stereocenters. The van der Waals surface area contributed by atoms with Crippen molar-refractivity contribution in [1.29, 1.82) is 0 Å². The van der Waals surface area contributed by atoms with Gasteiger partial charge in [0.1, 0.15) is 11.5 Å². The maximum atomic E-state index is 13.0. The molecule has 0 saturated heterocycles. The molecule has 1 atom stereocenters. The summed E-state index contributed by atoms with van der Waals surface area (Å²) in [6.07, 6.45) is 1.62. The fourth-order valence-electron chi connectivity index (χ4n) is 2.15. The zero-order chi connectivity index (χ0) is 17.9. The van der Waals surface area contributed by atoms with Gasteiger partial charge in [-0.05, 0) is 35.2 Å². The summed E-state index contributed by atoms with van der Waals surface area (Å²) in [4.78, 5) is 24.7. The van der Waals surface area contributed by atoms with Gasteiger partial charge in [0.05, 0.1) is 12.6 Å². The maximum Gasteiger partial charge on any atom is 0.274 e. The van der Waals surface area contributed by atoms with Crippen LogP contribution in [0.2, 0.25) is 0 Å². The number of halogens is 2. The van der Waals surface area contributed by atoms with Gasteiger partial charge in [-0.25, -0.2) is 4.39 Å². The fourth-order valence-corrected chi connectivity index (χ4v) is 2.15. The lowest BCUT2D eigenvalue weighted by molar-refractivity contribution is -0.119. The van der Waals surface area contributed by atoms with Crippen LogP contribution in [0.3, 0.4) is 0 Å². The van der Waals surface area contributed by atoms with Crippen LogP contribution in [0.25, 0.3) is 0 Å². The molecule has 5 nitrogen and oxygen atoms in total. The van der Waals surface area contributed by atoms with Gasteiger partial charge in [-0.15, -0.1) is 12.4 Å². The molecule has 1 aromatic carbocycles. The summed E-state index contributed by atoms with van der Waals surface area (Å²) in [5.41, 5.74) is 6.12. The summed E-state index contributed by atoms with van der Waals surface area (Å²) in [7, 11) is 0. The highest BCUT2D eigenvalue weighted by Gasteiger charge is 2.27. The van der Waals surface area contributed by atoms with E-state index in [1.807, 2.05) is 20.8 Å². The number of pyridine rings is 1. The highest BCUT2D eigenvalue weighted by molar-refractivity contribution is 5.95. The largest absolute Gasteiger partial charge is 0.320 e. The van der Waals surface area contributed by atoms with Crippen LogP contribution in [0.15, 0.2) is 47.4 Å². The standard InChI is InChI=1S/C18H22FN3O2.ClH/c1-18(2,3)15(20)16(23)21-14-5-4-10-22(17(14)24)11-12-6-8-13(19)9-7-12;/h4-10,15H,11,20H2,1-3H3,(H,21,23);1H/t15-;/m1./s1. The van der Waals surface area contributed by atoms with Crippen molar-refractivity contribution in [1.82, 2.24) is 4.57 Å². The molecule has 2 rings (SSSR count). The van der Waals surface area contributed by atoms with E-state index in [-0.39, 0.29) is 36.0 Å². The predicted molar refractivity (Wildman–Crippen MR) is 99.5 cm³/mol. The third-order valence-electron chi connectivity index (χ3n) is 3.76. The Bertz CT molecular complexity index is 782. The van der Waals surface area contributed by atoms with Crippen molar-refractivity contribution in [3.63, 3.8) is 0 Å². The fraction of sp³-hybridized carbons (Fsp3) is 0.333. The van der Waals surface area contributed by atoms with Gasteiger partial charge in [-0.1, -0.05) is 32.9 Å². The summed E-state index contributed by atoms with van der Waals surface area (Å²) < 4.78 is 14.4. The Balaban J connectivity index is 0.00000312. The minimum Gasteiger partial charge on any atom is -0.320 e. The minimum atomic E-state index is -0.734. The average molecular weight is 368 g/mol. The number of nitrogens with zero attached hydrogens (tertiary/aromatic N) is 1. The highest BCUT2D eigenvalue weighted by Crippen LogP contribution is 2.18. The van der Waals surface area contributed by atoms with E-state index in [0.29, 0.717) is 0 Å². The zero-order valence-corrected chi connectivity index (χ0v) is 15.3. The third-order valence-corrected chi connectivity index (χ3v) is 3.76. The molecule has 0 spiro atoms. The Hall–Kier alpha value is -2.18. The number of rotatable bonds is 4. The summed E-state index contributed by atoms with van der Waals surface area (Å²) in [6.45, 7) is 5.85. The normalized spacial score (nSPS) is 12.2. The molecule has 1 heterocycles. The molecule has 3 N–H and O–H groups in total. The summed E-state index contributed by atoms with van der Waals surface area (Å²) in [6, 6.07) is 8.39. The van der Waals surface area contributed by atoms with Gasteiger partial charge in [0, 0.05) is 6.20 Å². The molecule has 0 fully saturated rings. The number of carbonyl (C=O) groups excluding carboxylic acids is 1. The van der Waals surface area contributed by atoms with E-state index in [2.05, 4.69) is 5.32 Å². The van der Waals surface area contributed by atoms with Gasteiger partial charge in [0.15, 0.2) is 0 Å². The molecule has 1 amide bonds. The lowest BCUT2D eigenvalue weighted by Crippen LogP contribution is -2.46. The van der Waals surface area contributed by atoms with Crippen molar-refractivity contribution in [2.45, 2.75) is 33.4 Å². The van der Waals surface area contributed by atoms with E-state index < -0.39 is 17.4 Å². The summed E-state index contributed by atoms with van der Waals surface area (Å²) in [5.74, 6) is -0.734. The molecule has 25 heavy (non-hydrogen) atoms. The lowest BCUT2D eigenvalue weighted by Gasteiger charge is -2.25. The Labute approximate surface area is 152 Å². The predicted octanol–water partition coefficient (Wildman–Crippen LogP) is 2.77. The maximum absolute atomic E-state index is 13.0. The molecule has 7 heteroatoms. The smallest absolute Gasteiger partial charge is 0.274 e. The lowest BCUT2D eigenvalue weighted by atomic mass is 9.87. The Morgan fingerprint density at radius 2 is 1.84 bits per heavy atom. The van der Waals surface area contributed by atoms with Crippen LogP contribution in [0.5, 0.6) is 0 Å². The van der Waals surface area contributed by atoms with Crippen LogP contribution in [0.1, 0.15) is 26.3 Å². The van der Waals surface area contributed by atoms with Crippen LogP contribution in [-0.2, 0) is 11.3 Å². The van der Waals surface area contributed by atoms with E-state index >= 15 is 0 Å². The molecule has 0 aliphatic rings. The quantitative estimate of drug-likeness (QED) is 0.872. The number of nitrogens with two attached hydrogens (primary N) is 1. The van der Waals surface area contributed by atoms with Crippen LogP contribution < -0.4 is 16.6 Å². The Morgan fingerprint density at radius 3 is 2.40 bits per heavy atom. The molecular formula is C18H23ClFN3O2. The first kappa shape index (κ1) is 20.9. The second-order valence-corrected chi connectivity index (χ2v) is 6.81. The van der Waals surface area contributed by atoms with E-state index in [0.717, 1.165) is 5.56 Å². The van der Waals surface area contributed by atoms with Crippen LogP contribution in [-0.4, -0.2) is 16.5 Å². The van der Waals surface area contributed by atoms with E-state index in [9.17, 15) is 14.0 Å². The van der Waals surface area contributed by atoms with Gasteiger partial charge in [0.2, 0.25) is 5.91 Å². The van der Waals surface area contributed by atoms with Crippen molar-refractivity contribution < 1.29 is 9.18 Å². The zero-order valence-electron chi connectivity index (χ0n) is 14.5. The summed E-state index contributed by atoms with van der Waals surface area (Å²) in [5, 5.41) is 2.59. The second-order valence-electron chi connectivity index (χ2n) is 6.81. The number of hydrogen-bond donors (Lipinski definition) is 2. The minimum absolute atomic E-state index is 0. The van der Waals surface area contributed by atoms with Crippen molar-refractivity contribution in [3.05, 3.63) is 64.3 Å². The molecule has 0 aliphatic heterocycles. The average Bonchev–Trinajstić information content (AvgIpc) is 2.51. The number of aromatic nitrogens is 1. The molecule has 0 bridgehead atoms. The first-order chi connectivity index (χ1) is 11.2. The number of hydrogen-bond acceptors (Lipinski definition) is 3. The molecule has 2 aromatic rings. The molecule has 136 valence electrons. The van der Waals surface area contributed by atoms with Gasteiger partial charge >= 0.3 is 0 Å². The SMILES string of the molecule is CC(C)(C)[C@H](N)C(=O)Nc1cccn(Cc2ccc(F)cc2)c1=O.Cl. The van der Waals surface area contributed by atoms with Crippen molar-refractivity contribution in [2.24, 2.45) is 11.1 Å².